The molecule has 0 radical (unpaired) electrons. The number of ether oxygens (including phenoxy) is 1. The Morgan fingerprint density at radius 3 is 2.65 bits per heavy atom. The number of urea groups is 1. The van der Waals surface area contributed by atoms with Gasteiger partial charge in [-0.05, 0) is 38.1 Å². The van der Waals surface area contributed by atoms with Crippen LogP contribution in [-0.2, 0) is 18.4 Å². The molecule has 0 saturated heterocycles. The molecule has 10 heteroatoms. The number of carbonyl (C=O) groups excluding carboxylic acids is 2. The Kier molecular flexibility index (Phi) is 7.28. The molecule has 1 aromatic heterocycles. The standard InChI is InChI=1S/C16H20ClN5O3S/c1-4-18-15(24)19-14(23)10(2)26-16-21-20-13(22(16)3)9-25-12-7-5-11(17)6-8-12/h5-8,10H,4,9H2,1-3H3,(H2,18,19,23,24). The summed E-state index contributed by atoms with van der Waals surface area (Å²) in [6.45, 7) is 4.14. The molecule has 2 rings (SSSR count). The molecule has 2 aromatic rings. The molecular weight excluding hydrogens is 378 g/mol. The third-order valence-electron chi connectivity index (χ3n) is 3.33. The van der Waals surface area contributed by atoms with Crippen molar-refractivity contribution in [1.82, 2.24) is 25.4 Å². The van der Waals surface area contributed by atoms with E-state index in [9.17, 15) is 9.59 Å². The molecule has 3 amide bonds. The number of imide groups is 1. The van der Waals surface area contributed by atoms with Crippen LogP contribution < -0.4 is 15.4 Å². The molecule has 2 N–H and O–H groups in total. The van der Waals surface area contributed by atoms with Gasteiger partial charge in [-0.25, -0.2) is 4.79 Å². The number of rotatable bonds is 7. The van der Waals surface area contributed by atoms with Gasteiger partial charge in [0, 0.05) is 18.6 Å². The summed E-state index contributed by atoms with van der Waals surface area (Å²) < 4.78 is 7.40. The van der Waals surface area contributed by atoms with Crippen LogP contribution in [0.1, 0.15) is 19.7 Å². The molecule has 0 aliphatic heterocycles. The number of hydrogen-bond donors (Lipinski definition) is 2. The van der Waals surface area contributed by atoms with Crippen LogP contribution in [0.2, 0.25) is 5.02 Å². The van der Waals surface area contributed by atoms with Gasteiger partial charge in [-0.1, -0.05) is 23.4 Å². The molecule has 0 spiro atoms. The first kappa shape index (κ1) is 20.1. The number of benzene rings is 1. The van der Waals surface area contributed by atoms with Gasteiger partial charge in [0.05, 0.1) is 5.25 Å². The molecule has 1 heterocycles. The topological polar surface area (TPSA) is 98.1 Å². The van der Waals surface area contributed by atoms with Crippen LogP contribution in [0.3, 0.4) is 0 Å². The lowest BCUT2D eigenvalue weighted by molar-refractivity contribution is -0.119. The molecule has 1 aromatic carbocycles. The largest absolute Gasteiger partial charge is 0.486 e. The minimum atomic E-state index is -0.514. The maximum absolute atomic E-state index is 12.0. The number of aromatic nitrogens is 3. The van der Waals surface area contributed by atoms with Crippen molar-refractivity contribution >= 4 is 35.3 Å². The predicted octanol–water partition coefficient (Wildman–Crippen LogP) is 2.37. The molecule has 0 fully saturated rings. The lowest BCUT2D eigenvalue weighted by atomic mass is 10.3. The summed E-state index contributed by atoms with van der Waals surface area (Å²) >= 11 is 7.05. The summed E-state index contributed by atoms with van der Waals surface area (Å²) in [6.07, 6.45) is 0. The number of hydrogen-bond acceptors (Lipinski definition) is 6. The molecule has 0 bridgehead atoms. The van der Waals surface area contributed by atoms with Crippen molar-refractivity contribution in [2.45, 2.75) is 30.9 Å². The van der Waals surface area contributed by atoms with E-state index in [-0.39, 0.29) is 6.61 Å². The highest BCUT2D eigenvalue weighted by molar-refractivity contribution is 8.00. The summed E-state index contributed by atoms with van der Waals surface area (Å²) in [6, 6.07) is 6.50. The van der Waals surface area contributed by atoms with Gasteiger partial charge in [0.25, 0.3) is 0 Å². The van der Waals surface area contributed by atoms with E-state index in [1.165, 1.54) is 11.8 Å². The number of halogens is 1. The van der Waals surface area contributed by atoms with Crippen molar-refractivity contribution in [2.24, 2.45) is 7.05 Å². The SMILES string of the molecule is CCNC(=O)NC(=O)C(C)Sc1nnc(COc2ccc(Cl)cc2)n1C. The fraction of sp³-hybridized carbons (Fsp3) is 0.375. The quantitative estimate of drug-likeness (QED) is 0.696. The molecule has 1 unspecified atom stereocenters. The van der Waals surface area contributed by atoms with Crippen LogP contribution >= 0.6 is 23.4 Å². The molecular formula is C16H20ClN5O3S. The van der Waals surface area contributed by atoms with Crippen molar-refractivity contribution in [1.29, 1.82) is 0 Å². The highest BCUT2D eigenvalue weighted by Gasteiger charge is 2.20. The van der Waals surface area contributed by atoms with E-state index in [1.807, 2.05) is 0 Å². The van der Waals surface area contributed by atoms with Crippen LogP contribution in [0.5, 0.6) is 5.75 Å². The van der Waals surface area contributed by atoms with Gasteiger partial charge in [-0.2, -0.15) is 0 Å². The van der Waals surface area contributed by atoms with Crippen LogP contribution in [0.15, 0.2) is 29.4 Å². The zero-order chi connectivity index (χ0) is 19.1. The minimum Gasteiger partial charge on any atom is -0.486 e. The molecule has 0 aliphatic rings. The monoisotopic (exact) mass is 397 g/mol. The zero-order valence-corrected chi connectivity index (χ0v) is 16.2. The highest BCUT2D eigenvalue weighted by atomic mass is 35.5. The second kappa shape index (κ2) is 9.44. The van der Waals surface area contributed by atoms with E-state index in [1.54, 1.807) is 49.7 Å². The van der Waals surface area contributed by atoms with E-state index >= 15 is 0 Å². The van der Waals surface area contributed by atoms with Crippen LogP contribution in [-0.4, -0.2) is 38.5 Å². The van der Waals surface area contributed by atoms with Gasteiger partial charge in [0.1, 0.15) is 12.4 Å². The van der Waals surface area contributed by atoms with Gasteiger partial charge >= 0.3 is 6.03 Å². The van der Waals surface area contributed by atoms with Crippen LogP contribution in [0, 0.1) is 0 Å². The Bertz CT molecular complexity index is 766. The minimum absolute atomic E-state index is 0.227. The maximum atomic E-state index is 12.0. The molecule has 1 atom stereocenters. The third-order valence-corrected chi connectivity index (χ3v) is 4.72. The summed E-state index contributed by atoms with van der Waals surface area (Å²) in [5.41, 5.74) is 0. The lowest BCUT2D eigenvalue weighted by Crippen LogP contribution is -2.42. The van der Waals surface area contributed by atoms with Crippen LogP contribution in [0.25, 0.3) is 0 Å². The smallest absolute Gasteiger partial charge is 0.321 e. The summed E-state index contributed by atoms with van der Waals surface area (Å²) in [7, 11) is 1.79. The van der Waals surface area contributed by atoms with E-state index < -0.39 is 17.2 Å². The fourth-order valence-electron chi connectivity index (χ4n) is 1.88. The molecule has 0 saturated carbocycles. The van der Waals surface area contributed by atoms with Gasteiger partial charge in [0.2, 0.25) is 5.91 Å². The first-order chi connectivity index (χ1) is 12.4. The van der Waals surface area contributed by atoms with E-state index in [0.717, 1.165) is 0 Å². The van der Waals surface area contributed by atoms with E-state index in [4.69, 9.17) is 16.3 Å². The number of nitrogens with one attached hydrogen (secondary N) is 2. The average molecular weight is 398 g/mol. The molecule has 26 heavy (non-hydrogen) atoms. The Balaban J connectivity index is 1.92. The fourth-order valence-corrected chi connectivity index (χ4v) is 2.84. The van der Waals surface area contributed by atoms with Crippen molar-refractivity contribution < 1.29 is 14.3 Å². The average Bonchev–Trinajstić information content (AvgIpc) is 2.94. The zero-order valence-electron chi connectivity index (χ0n) is 14.7. The second-order valence-electron chi connectivity index (χ2n) is 5.31. The summed E-state index contributed by atoms with van der Waals surface area (Å²) in [5.74, 6) is 0.878. The Labute approximate surface area is 160 Å². The normalized spacial score (nSPS) is 11.7. The van der Waals surface area contributed by atoms with Crippen molar-refractivity contribution in [2.75, 3.05) is 6.54 Å². The Morgan fingerprint density at radius 1 is 1.31 bits per heavy atom. The summed E-state index contributed by atoms with van der Waals surface area (Å²) in [5, 5.41) is 13.6. The number of nitrogens with zero attached hydrogens (tertiary/aromatic N) is 3. The van der Waals surface area contributed by atoms with E-state index in [0.29, 0.717) is 28.3 Å². The first-order valence-electron chi connectivity index (χ1n) is 7.92. The van der Waals surface area contributed by atoms with Gasteiger partial charge in [-0.3, -0.25) is 10.1 Å². The lowest BCUT2D eigenvalue weighted by Gasteiger charge is -2.11. The Morgan fingerprint density at radius 2 is 2.00 bits per heavy atom. The van der Waals surface area contributed by atoms with Crippen molar-refractivity contribution in [3.8, 4) is 5.75 Å². The number of amides is 3. The van der Waals surface area contributed by atoms with Gasteiger partial charge in [-0.15, -0.1) is 10.2 Å². The molecule has 8 nitrogen and oxygen atoms in total. The van der Waals surface area contributed by atoms with Gasteiger partial charge in [0.15, 0.2) is 11.0 Å². The van der Waals surface area contributed by atoms with Crippen molar-refractivity contribution in [3.05, 3.63) is 35.1 Å². The molecule has 140 valence electrons. The number of thioether (sulfide) groups is 1. The van der Waals surface area contributed by atoms with E-state index in [2.05, 4.69) is 20.8 Å². The summed E-state index contributed by atoms with van der Waals surface area (Å²) in [4.78, 5) is 23.4. The van der Waals surface area contributed by atoms with Gasteiger partial charge < -0.3 is 14.6 Å². The number of carbonyl (C=O) groups is 2. The predicted molar refractivity (Wildman–Crippen MR) is 99.3 cm³/mol. The Hall–Kier alpha value is -2.26. The van der Waals surface area contributed by atoms with Crippen LogP contribution in [0.4, 0.5) is 4.79 Å². The third kappa shape index (κ3) is 5.63. The highest BCUT2D eigenvalue weighted by Crippen LogP contribution is 2.22. The maximum Gasteiger partial charge on any atom is 0.321 e. The molecule has 0 aliphatic carbocycles. The second-order valence-corrected chi connectivity index (χ2v) is 7.05. The first-order valence-corrected chi connectivity index (χ1v) is 9.18. The van der Waals surface area contributed by atoms with Crippen molar-refractivity contribution in [3.63, 3.8) is 0 Å².